The summed E-state index contributed by atoms with van der Waals surface area (Å²) in [5.41, 5.74) is 1.11. The topological polar surface area (TPSA) is 59.3 Å². The Hall–Kier alpha value is -2.17. The van der Waals surface area contributed by atoms with Crippen LogP contribution in [0, 0.1) is 11.8 Å². The molecule has 1 N–H and O–H groups in total. The third-order valence-electron chi connectivity index (χ3n) is 3.95. The average molecular weight is 270 g/mol. The van der Waals surface area contributed by atoms with Crippen molar-refractivity contribution in [3.63, 3.8) is 0 Å². The fourth-order valence-corrected chi connectivity index (χ4v) is 2.92. The van der Waals surface area contributed by atoms with Crippen LogP contribution in [-0.2, 0) is 0 Å². The van der Waals surface area contributed by atoms with Crippen LogP contribution in [0.1, 0.15) is 30.5 Å². The van der Waals surface area contributed by atoms with E-state index in [1.165, 1.54) is 0 Å². The highest BCUT2D eigenvalue weighted by atomic mass is 16.2. The highest BCUT2D eigenvalue weighted by molar-refractivity contribution is 5.81. The Balaban J connectivity index is 1.70. The molecular formula is C15H18N4O. The first-order valence-corrected chi connectivity index (χ1v) is 7.01. The second kappa shape index (κ2) is 5.86. The first-order chi connectivity index (χ1) is 9.84. The molecule has 5 heteroatoms. The van der Waals surface area contributed by atoms with Crippen LogP contribution in [0.4, 0.5) is 0 Å². The Morgan fingerprint density at radius 2 is 2.35 bits per heavy atom. The minimum absolute atomic E-state index is 0.0712. The van der Waals surface area contributed by atoms with Crippen LogP contribution in [0.5, 0.6) is 0 Å². The lowest BCUT2D eigenvalue weighted by Gasteiger charge is -2.29. The van der Waals surface area contributed by atoms with Crippen LogP contribution in [0.15, 0.2) is 47.9 Å². The number of aromatic nitrogens is 2. The summed E-state index contributed by atoms with van der Waals surface area (Å²) in [7, 11) is 0. The molecule has 3 rings (SSSR count). The summed E-state index contributed by atoms with van der Waals surface area (Å²) in [5.74, 6) is 0.600. The van der Waals surface area contributed by atoms with Crippen LogP contribution in [-0.4, -0.2) is 21.7 Å². The van der Waals surface area contributed by atoms with Gasteiger partial charge in [-0.05, 0) is 25.3 Å². The highest BCUT2D eigenvalue weighted by Gasteiger charge is 2.29. The number of nitrogens with zero attached hydrogens (tertiary/aromatic N) is 3. The number of hydrogen-bond donors (Lipinski definition) is 1. The molecule has 1 aromatic heterocycles. The number of carbonyl (C=O) groups is 1. The van der Waals surface area contributed by atoms with E-state index in [2.05, 4.69) is 15.3 Å². The van der Waals surface area contributed by atoms with Crippen molar-refractivity contribution in [2.75, 3.05) is 0 Å². The second-order valence-corrected chi connectivity index (χ2v) is 5.25. The highest BCUT2D eigenvalue weighted by Crippen LogP contribution is 2.33. The van der Waals surface area contributed by atoms with E-state index < -0.39 is 0 Å². The molecule has 1 aliphatic carbocycles. The third-order valence-corrected chi connectivity index (χ3v) is 3.95. The number of imidazole rings is 1. The Kier molecular flexibility index (Phi) is 3.76. The maximum absolute atomic E-state index is 12.4. The molecule has 2 aliphatic rings. The van der Waals surface area contributed by atoms with Crippen molar-refractivity contribution in [3.05, 3.63) is 42.9 Å². The summed E-state index contributed by atoms with van der Waals surface area (Å²) in [4.78, 5) is 20.6. The Morgan fingerprint density at radius 1 is 1.40 bits per heavy atom. The molecule has 1 aromatic rings. The van der Waals surface area contributed by atoms with Gasteiger partial charge in [-0.15, -0.1) is 0 Å². The number of carbonyl (C=O) groups excluding carboxylic acids is 1. The van der Waals surface area contributed by atoms with E-state index in [0.717, 1.165) is 31.4 Å². The average Bonchev–Trinajstić information content (AvgIpc) is 2.89. The second-order valence-electron chi connectivity index (χ2n) is 5.25. The molecular weight excluding hydrogens is 252 g/mol. The van der Waals surface area contributed by atoms with Crippen molar-refractivity contribution in [3.8, 4) is 0 Å². The summed E-state index contributed by atoms with van der Waals surface area (Å²) in [6.07, 6.45) is 16.4. The van der Waals surface area contributed by atoms with Gasteiger partial charge in [0, 0.05) is 48.5 Å². The molecule has 0 bridgehead atoms. The Bertz CT molecular complexity index is 556. The molecule has 0 amide bonds. The van der Waals surface area contributed by atoms with Crippen LogP contribution >= 0.6 is 0 Å². The van der Waals surface area contributed by atoms with Crippen LogP contribution < -0.4 is 5.32 Å². The number of hydrogen-bond acceptors (Lipinski definition) is 4. The molecule has 20 heavy (non-hydrogen) atoms. The molecule has 5 nitrogen and oxygen atoms in total. The predicted molar refractivity (Wildman–Crippen MR) is 77.2 cm³/mol. The Labute approximate surface area is 118 Å². The number of rotatable bonds is 2. The fourth-order valence-electron chi connectivity index (χ4n) is 2.92. The van der Waals surface area contributed by atoms with E-state index >= 15 is 0 Å². The van der Waals surface area contributed by atoms with Crippen molar-refractivity contribution in [2.45, 2.75) is 25.7 Å². The summed E-state index contributed by atoms with van der Waals surface area (Å²) < 4.78 is 1.60. The summed E-state index contributed by atoms with van der Waals surface area (Å²) in [6, 6.07) is 0. The quantitative estimate of drug-likeness (QED) is 0.897. The monoisotopic (exact) mass is 270 g/mol. The molecule has 2 atom stereocenters. The molecule has 1 aliphatic heterocycles. The summed E-state index contributed by atoms with van der Waals surface area (Å²) >= 11 is 0. The molecule has 0 radical (unpaired) electrons. The van der Waals surface area contributed by atoms with Gasteiger partial charge >= 0.3 is 0 Å². The van der Waals surface area contributed by atoms with Crippen molar-refractivity contribution in [1.29, 1.82) is 0 Å². The standard InChI is InChI=1S/C15H18N4O/c20-15(19-8-7-17-11-19)13-4-1-3-12(9-13)14-10-16-5-2-6-18-14/h2,5-8,10-13,18H,1,3-4,9H2. The van der Waals surface area contributed by atoms with Gasteiger partial charge in [-0.1, -0.05) is 6.42 Å². The maximum Gasteiger partial charge on any atom is 0.234 e. The van der Waals surface area contributed by atoms with E-state index in [9.17, 15) is 4.79 Å². The van der Waals surface area contributed by atoms with Crippen LogP contribution in [0.3, 0.4) is 0 Å². The minimum Gasteiger partial charge on any atom is -0.363 e. The van der Waals surface area contributed by atoms with Crippen molar-refractivity contribution < 1.29 is 4.79 Å². The molecule has 1 saturated carbocycles. The van der Waals surface area contributed by atoms with Gasteiger partial charge in [-0.25, -0.2) is 4.98 Å². The normalized spacial score (nSPS) is 25.7. The molecule has 0 aromatic carbocycles. The van der Waals surface area contributed by atoms with E-state index in [1.54, 1.807) is 29.5 Å². The zero-order valence-electron chi connectivity index (χ0n) is 11.3. The maximum atomic E-state index is 12.4. The molecule has 0 spiro atoms. The number of nitrogens with one attached hydrogen (secondary N) is 1. The first-order valence-electron chi connectivity index (χ1n) is 7.01. The molecule has 104 valence electrons. The van der Waals surface area contributed by atoms with Gasteiger partial charge < -0.3 is 5.32 Å². The zero-order valence-corrected chi connectivity index (χ0v) is 11.3. The van der Waals surface area contributed by atoms with Gasteiger partial charge in [-0.3, -0.25) is 14.4 Å². The van der Waals surface area contributed by atoms with Gasteiger partial charge in [0.1, 0.15) is 6.33 Å². The summed E-state index contributed by atoms with van der Waals surface area (Å²) in [5, 5.41) is 3.27. The van der Waals surface area contributed by atoms with Crippen molar-refractivity contribution >= 4 is 12.1 Å². The largest absolute Gasteiger partial charge is 0.363 e. The lowest BCUT2D eigenvalue weighted by Crippen LogP contribution is -2.29. The van der Waals surface area contributed by atoms with E-state index in [-0.39, 0.29) is 11.8 Å². The van der Waals surface area contributed by atoms with E-state index in [1.807, 2.05) is 18.5 Å². The van der Waals surface area contributed by atoms with Crippen molar-refractivity contribution in [2.24, 2.45) is 16.8 Å². The third kappa shape index (κ3) is 2.71. The SMILES string of the molecule is O=C(C1CCCC(C2=CN=CC=CN2)C1)n1ccnc1. The van der Waals surface area contributed by atoms with Crippen LogP contribution in [0.25, 0.3) is 0 Å². The van der Waals surface area contributed by atoms with E-state index in [0.29, 0.717) is 5.92 Å². The summed E-state index contributed by atoms with van der Waals surface area (Å²) in [6.45, 7) is 0. The Morgan fingerprint density at radius 3 is 3.20 bits per heavy atom. The molecule has 1 fully saturated rings. The van der Waals surface area contributed by atoms with Crippen molar-refractivity contribution in [1.82, 2.24) is 14.9 Å². The van der Waals surface area contributed by atoms with Gasteiger partial charge in [0.2, 0.25) is 5.91 Å². The molecule has 2 unspecified atom stereocenters. The van der Waals surface area contributed by atoms with Gasteiger partial charge in [0.25, 0.3) is 0 Å². The van der Waals surface area contributed by atoms with E-state index in [4.69, 9.17) is 0 Å². The first kappa shape index (κ1) is 12.8. The smallest absolute Gasteiger partial charge is 0.234 e. The predicted octanol–water partition coefficient (Wildman–Crippen LogP) is 2.36. The lowest BCUT2D eigenvalue weighted by molar-refractivity contribution is 0.0782. The fraction of sp³-hybridized carbons (Fsp3) is 0.400. The van der Waals surface area contributed by atoms with Gasteiger partial charge in [0.15, 0.2) is 0 Å². The van der Waals surface area contributed by atoms with Crippen LogP contribution in [0.2, 0.25) is 0 Å². The minimum atomic E-state index is 0.0712. The zero-order chi connectivity index (χ0) is 13.8. The molecule has 2 heterocycles. The number of allylic oxidation sites excluding steroid dienone is 2. The molecule has 0 saturated heterocycles. The lowest BCUT2D eigenvalue weighted by atomic mass is 9.79. The van der Waals surface area contributed by atoms with Gasteiger partial charge in [-0.2, -0.15) is 0 Å². The van der Waals surface area contributed by atoms with Gasteiger partial charge in [0.05, 0.1) is 0 Å². The number of aliphatic imine (C=N–C) groups is 1.